The van der Waals surface area contributed by atoms with Gasteiger partial charge in [0.15, 0.2) is 0 Å². The minimum absolute atomic E-state index is 0.296. The van der Waals surface area contributed by atoms with E-state index in [0.29, 0.717) is 12.2 Å². The largest absolute Gasteiger partial charge is 0.490 e. The van der Waals surface area contributed by atoms with Crippen LogP contribution in [-0.2, 0) is 4.74 Å². The molecular formula is C14H19NO3. The molecule has 0 saturated carbocycles. The van der Waals surface area contributed by atoms with Crippen molar-refractivity contribution in [3.8, 4) is 5.75 Å². The minimum atomic E-state index is -0.483. The van der Waals surface area contributed by atoms with E-state index >= 15 is 0 Å². The molecule has 0 bridgehead atoms. The normalized spacial score (nSPS) is 14.2. The highest BCUT2D eigenvalue weighted by molar-refractivity contribution is 5.94. The lowest BCUT2D eigenvalue weighted by Gasteiger charge is -2.24. The number of esters is 1. The van der Waals surface area contributed by atoms with Crippen LogP contribution in [0.15, 0.2) is 12.1 Å². The smallest absolute Gasteiger partial charge is 0.338 e. The highest BCUT2D eigenvalue weighted by atomic mass is 16.6. The van der Waals surface area contributed by atoms with Gasteiger partial charge in [0.25, 0.3) is 0 Å². The molecule has 1 aromatic carbocycles. The van der Waals surface area contributed by atoms with Gasteiger partial charge in [-0.05, 0) is 45.4 Å². The number of carbonyl (C=O) groups excluding carboxylic acids is 1. The summed E-state index contributed by atoms with van der Waals surface area (Å²) in [5.41, 5.74) is 1.87. The number of ether oxygens (including phenoxy) is 2. The van der Waals surface area contributed by atoms with Gasteiger partial charge in [-0.1, -0.05) is 0 Å². The van der Waals surface area contributed by atoms with Crippen molar-refractivity contribution in [1.29, 1.82) is 0 Å². The van der Waals surface area contributed by atoms with Crippen molar-refractivity contribution in [2.75, 3.05) is 18.5 Å². The first-order valence-corrected chi connectivity index (χ1v) is 6.12. The zero-order chi connectivity index (χ0) is 13.3. The average Bonchev–Trinajstić information content (AvgIpc) is 2.27. The molecule has 98 valence electrons. The lowest BCUT2D eigenvalue weighted by molar-refractivity contribution is 0.00688. The van der Waals surface area contributed by atoms with Gasteiger partial charge < -0.3 is 14.8 Å². The highest BCUT2D eigenvalue weighted by Gasteiger charge is 2.22. The first-order valence-electron chi connectivity index (χ1n) is 6.12. The SMILES string of the molecule is Cc1c(C(=O)OC(C)(C)C)ccc2c1NCCO2. The molecule has 0 amide bonds. The summed E-state index contributed by atoms with van der Waals surface area (Å²) in [4.78, 5) is 12.1. The number of hydrogen-bond acceptors (Lipinski definition) is 4. The summed E-state index contributed by atoms with van der Waals surface area (Å²) in [7, 11) is 0. The molecule has 0 unspecified atom stereocenters. The predicted octanol–water partition coefficient (Wildman–Crippen LogP) is 2.75. The molecule has 1 aliphatic rings. The molecule has 4 nitrogen and oxygen atoms in total. The molecule has 18 heavy (non-hydrogen) atoms. The highest BCUT2D eigenvalue weighted by Crippen LogP contribution is 2.33. The van der Waals surface area contributed by atoms with E-state index in [9.17, 15) is 4.79 Å². The van der Waals surface area contributed by atoms with Crippen molar-refractivity contribution in [2.24, 2.45) is 0 Å². The van der Waals surface area contributed by atoms with E-state index in [-0.39, 0.29) is 5.97 Å². The van der Waals surface area contributed by atoms with Crippen molar-refractivity contribution in [3.05, 3.63) is 23.3 Å². The Balaban J connectivity index is 2.32. The van der Waals surface area contributed by atoms with Crippen molar-refractivity contribution < 1.29 is 14.3 Å². The Kier molecular flexibility index (Phi) is 3.20. The molecule has 0 aliphatic carbocycles. The van der Waals surface area contributed by atoms with E-state index in [1.165, 1.54) is 0 Å². The second kappa shape index (κ2) is 4.52. The summed E-state index contributed by atoms with van der Waals surface area (Å²) >= 11 is 0. The lowest BCUT2D eigenvalue weighted by Crippen LogP contribution is -2.25. The first-order chi connectivity index (χ1) is 8.38. The summed E-state index contributed by atoms with van der Waals surface area (Å²) in [6, 6.07) is 3.57. The minimum Gasteiger partial charge on any atom is -0.490 e. The van der Waals surface area contributed by atoms with Gasteiger partial charge in [-0.2, -0.15) is 0 Å². The Hall–Kier alpha value is -1.71. The number of nitrogens with one attached hydrogen (secondary N) is 1. The molecule has 2 rings (SSSR count). The van der Waals surface area contributed by atoms with Crippen molar-refractivity contribution in [3.63, 3.8) is 0 Å². The monoisotopic (exact) mass is 249 g/mol. The second-order valence-corrected chi connectivity index (χ2v) is 5.39. The van der Waals surface area contributed by atoms with Crippen LogP contribution in [0, 0.1) is 6.92 Å². The third-order valence-electron chi connectivity index (χ3n) is 2.71. The maximum Gasteiger partial charge on any atom is 0.338 e. The number of rotatable bonds is 1. The quantitative estimate of drug-likeness (QED) is 0.777. The molecule has 0 spiro atoms. The van der Waals surface area contributed by atoms with Crippen LogP contribution in [0.1, 0.15) is 36.7 Å². The molecular weight excluding hydrogens is 230 g/mol. The summed E-state index contributed by atoms with van der Waals surface area (Å²) in [6.07, 6.45) is 0. The third-order valence-corrected chi connectivity index (χ3v) is 2.71. The van der Waals surface area contributed by atoms with Gasteiger partial charge in [-0.25, -0.2) is 4.79 Å². The lowest BCUT2D eigenvalue weighted by atomic mass is 10.0. The van der Waals surface area contributed by atoms with E-state index in [0.717, 1.165) is 23.5 Å². The third kappa shape index (κ3) is 2.58. The van der Waals surface area contributed by atoms with Crippen LogP contribution in [-0.4, -0.2) is 24.7 Å². The number of anilines is 1. The Morgan fingerprint density at radius 1 is 1.39 bits per heavy atom. The summed E-state index contributed by atoms with van der Waals surface area (Å²) in [5.74, 6) is 0.501. The van der Waals surface area contributed by atoms with Gasteiger partial charge in [0.05, 0.1) is 11.3 Å². The van der Waals surface area contributed by atoms with E-state index in [1.807, 2.05) is 33.8 Å². The van der Waals surface area contributed by atoms with Gasteiger partial charge in [0.1, 0.15) is 18.0 Å². The fourth-order valence-corrected chi connectivity index (χ4v) is 1.92. The topological polar surface area (TPSA) is 47.6 Å². The van der Waals surface area contributed by atoms with E-state index in [4.69, 9.17) is 9.47 Å². The van der Waals surface area contributed by atoms with Crippen LogP contribution in [0.4, 0.5) is 5.69 Å². The predicted molar refractivity (Wildman–Crippen MR) is 70.3 cm³/mol. The average molecular weight is 249 g/mol. The van der Waals surface area contributed by atoms with Crippen LogP contribution in [0.2, 0.25) is 0 Å². The molecule has 1 N–H and O–H groups in total. The Morgan fingerprint density at radius 2 is 2.11 bits per heavy atom. The summed E-state index contributed by atoms with van der Waals surface area (Å²) in [6.45, 7) is 8.89. The molecule has 0 radical (unpaired) electrons. The Bertz CT molecular complexity index is 475. The number of benzene rings is 1. The number of carbonyl (C=O) groups is 1. The second-order valence-electron chi connectivity index (χ2n) is 5.39. The van der Waals surface area contributed by atoms with Crippen molar-refractivity contribution in [2.45, 2.75) is 33.3 Å². The van der Waals surface area contributed by atoms with Gasteiger partial charge in [-0.15, -0.1) is 0 Å². The van der Waals surface area contributed by atoms with Crippen LogP contribution >= 0.6 is 0 Å². The molecule has 4 heteroatoms. The molecule has 0 atom stereocenters. The van der Waals surface area contributed by atoms with E-state index in [1.54, 1.807) is 6.07 Å². The van der Waals surface area contributed by atoms with Crippen LogP contribution in [0.5, 0.6) is 5.75 Å². The Labute approximate surface area is 107 Å². The molecule has 1 aliphatic heterocycles. The first kappa shape index (κ1) is 12.7. The number of hydrogen-bond donors (Lipinski definition) is 1. The standard InChI is InChI=1S/C14H19NO3/c1-9-10(13(16)18-14(2,3)4)5-6-11-12(9)15-7-8-17-11/h5-6,15H,7-8H2,1-4H3. The van der Waals surface area contributed by atoms with Gasteiger partial charge in [-0.3, -0.25) is 0 Å². The zero-order valence-electron chi connectivity index (χ0n) is 11.3. The molecule has 0 fully saturated rings. The van der Waals surface area contributed by atoms with Gasteiger partial charge in [0, 0.05) is 6.54 Å². The van der Waals surface area contributed by atoms with Crippen molar-refractivity contribution in [1.82, 2.24) is 0 Å². The van der Waals surface area contributed by atoms with Gasteiger partial charge >= 0.3 is 5.97 Å². The molecule has 1 heterocycles. The molecule has 0 saturated heterocycles. The van der Waals surface area contributed by atoms with E-state index < -0.39 is 5.60 Å². The van der Waals surface area contributed by atoms with Crippen LogP contribution in [0.3, 0.4) is 0 Å². The zero-order valence-corrected chi connectivity index (χ0v) is 11.3. The molecule has 0 aromatic heterocycles. The summed E-state index contributed by atoms with van der Waals surface area (Å²) in [5, 5.41) is 3.26. The summed E-state index contributed by atoms with van der Waals surface area (Å²) < 4.78 is 10.9. The maximum atomic E-state index is 12.1. The fraction of sp³-hybridized carbons (Fsp3) is 0.500. The fourth-order valence-electron chi connectivity index (χ4n) is 1.92. The van der Waals surface area contributed by atoms with E-state index in [2.05, 4.69) is 5.32 Å². The molecule has 1 aromatic rings. The maximum absolute atomic E-state index is 12.1. The van der Waals surface area contributed by atoms with Crippen LogP contribution < -0.4 is 10.1 Å². The van der Waals surface area contributed by atoms with Crippen molar-refractivity contribution >= 4 is 11.7 Å². The van der Waals surface area contributed by atoms with Crippen LogP contribution in [0.25, 0.3) is 0 Å². The number of fused-ring (bicyclic) bond motifs is 1. The van der Waals surface area contributed by atoms with Gasteiger partial charge in [0.2, 0.25) is 0 Å². The Morgan fingerprint density at radius 3 is 2.78 bits per heavy atom.